The van der Waals surface area contributed by atoms with Crippen LogP contribution in [0.4, 0.5) is 5.69 Å². The Balaban J connectivity index is 1.56. The van der Waals surface area contributed by atoms with Crippen molar-refractivity contribution in [3.8, 4) is 5.75 Å². The summed E-state index contributed by atoms with van der Waals surface area (Å²) in [4.78, 5) is 58.2. The third kappa shape index (κ3) is 5.51. The zero-order valence-electron chi connectivity index (χ0n) is 27.9. The van der Waals surface area contributed by atoms with Crippen LogP contribution in [0, 0.1) is 11.8 Å². The summed E-state index contributed by atoms with van der Waals surface area (Å²) in [7, 11) is 10.3. The highest BCUT2D eigenvalue weighted by molar-refractivity contribution is 6.24. The molecule has 13 heteroatoms. The van der Waals surface area contributed by atoms with Gasteiger partial charge in [-0.05, 0) is 70.6 Å². The number of nitrogens with one attached hydrogen (secondary N) is 1. The molecule has 3 aliphatic rings. The summed E-state index contributed by atoms with van der Waals surface area (Å²) < 4.78 is 0. The van der Waals surface area contributed by atoms with Gasteiger partial charge in [0.25, 0.3) is 5.91 Å². The average molecular weight is 662 g/mol. The summed E-state index contributed by atoms with van der Waals surface area (Å²) in [5.41, 5.74) is 3.98. The Labute approximate surface area is 278 Å². The first-order valence-corrected chi connectivity index (χ1v) is 15.7. The highest BCUT2D eigenvalue weighted by Crippen LogP contribution is 2.54. The number of rotatable bonds is 9. The minimum Gasteiger partial charge on any atom is -0.508 e. The Morgan fingerprint density at radius 2 is 1.69 bits per heavy atom. The number of phenols is 1. The second-order valence-electron chi connectivity index (χ2n) is 13.5. The number of likely N-dealkylation sites (N-methyl/N-ethyl adjacent to an activating group) is 2. The van der Waals surface area contributed by atoms with Crippen molar-refractivity contribution in [1.29, 1.82) is 0 Å². The van der Waals surface area contributed by atoms with Gasteiger partial charge in [-0.2, -0.15) is 0 Å². The average Bonchev–Trinajstić information content (AvgIpc) is 3.01. The molecule has 5 atom stereocenters. The molecule has 48 heavy (non-hydrogen) atoms. The van der Waals surface area contributed by atoms with Gasteiger partial charge in [-0.15, -0.1) is 0 Å². The quantitative estimate of drug-likeness (QED) is 0.208. The van der Waals surface area contributed by atoms with Crippen LogP contribution in [-0.2, 0) is 38.6 Å². The lowest BCUT2D eigenvalue weighted by Crippen LogP contribution is -2.65. The van der Waals surface area contributed by atoms with Gasteiger partial charge in [0.1, 0.15) is 22.8 Å². The fourth-order valence-electron chi connectivity index (χ4n) is 7.53. The van der Waals surface area contributed by atoms with Gasteiger partial charge in [-0.1, -0.05) is 30.3 Å². The maximum Gasteiger partial charge on any atom is 0.255 e. The molecule has 2 aromatic rings. The number of anilines is 1. The van der Waals surface area contributed by atoms with Crippen LogP contribution in [0.5, 0.6) is 5.75 Å². The van der Waals surface area contributed by atoms with Crippen molar-refractivity contribution in [1.82, 2.24) is 15.1 Å². The van der Waals surface area contributed by atoms with E-state index in [1.807, 2.05) is 30.3 Å². The lowest BCUT2D eigenvalue weighted by molar-refractivity contribution is -0.153. The molecule has 0 aliphatic heterocycles. The van der Waals surface area contributed by atoms with Crippen LogP contribution >= 0.6 is 0 Å². The molecule has 0 spiro atoms. The van der Waals surface area contributed by atoms with E-state index < -0.39 is 64.1 Å². The number of phenolic OH excluding ortho intramolecular Hbond substituents is 1. The summed E-state index contributed by atoms with van der Waals surface area (Å²) in [6, 6.07) is 9.62. The molecule has 0 aromatic heterocycles. The molecule has 3 aliphatic carbocycles. The predicted octanol–water partition coefficient (Wildman–Crippen LogP) is 0.819. The molecular weight excluding hydrogens is 618 g/mol. The molecule has 5 unspecified atom stereocenters. The molecule has 0 saturated heterocycles. The van der Waals surface area contributed by atoms with Gasteiger partial charge in [-0.25, -0.2) is 0 Å². The number of primary amides is 1. The third-order valence-electron chi connectivity index (χ3n) is 9.91. The number of amides is 2. The molecule has 13 nitrogen and oxygen atoms in total. The lowest BCUT2D eigenvalue weighted by atomic mass is 9.57. The molecule has 2 aromatic carbocycles. The monoisotopic (exact) mass is 661 g/mol. The van der Waals surface area contributed by atoms with Gasteiger partial charge in [0.15, 0.2) is 11.4 Å². The van der Waals surface area contributed by atoms with E-state index in [2.05, 4.69) is 5.32 Å². The van der Waals surface area contributed by atoms with Gasteiger partial charge in [0.05, 0.1) is 17.6 Å². The summed E-state index contributed by atoms with van der Waals surface area (Å²) in [6.45, 7) is -0.0952. The number of carbonyl (C=O) groups is 4. The van der Waals surface area contributed by atoms with Crippen molar-refractivity contribution in [2.24, 2.45) is 17.6 Å². The summed E-state index contributed by atoms with van der Waals surface area (Å²) in [6.07, 6.45) is 0.602. The number of nitrogens with two attached hydrogens (primary N) is 1. The van der Waals surface area contributed by atoms with E-state index in [9.17, 15) is 39.6 Å². The van der Waals surface area contributed by atoms with Crippen molar-refractivity contribution in [2.75, 3.05) is 47.2 Å². The van der Waals surface area contributed by atoms with E-state index in [4.69, 9.17) is 5.73 Å². The third-order valence-corrected chi connectivity index (χ3v) is 9.91. The van der Waals surface area contributed by atoms with Crippen LogP contribution in [0.3, 0.4) is 0 Å². The van der Waals surface area contributed by atoms with E-state index in [-0.39, 0.29) is 47.7 Å². The summed E-state index contributed by atoms with van der Waals surface area (Å²) in [5.74, 6) is -7.40. The Bertz CT molecular complexity index is 1750. The molecule has 0 heterocycles. The number of hydrogen-bond donors (Lipinski definition) is 6. The molecule has 7 N–H and O–H groups in total. The molecule has 0 bridgehead atoms. The number of aliphatic hydroxyl groups is 3. The second kappa shape index (κ2) is 12.7. The van der Waals surface area contributed by atoms with Crippen LogP contribution in [0.2, 0.25) is 0 Å². The zero-order chi connectivity index (χ0) is 35.4. The number of fused-ring (bicyclic) bond motifs is 3. The highest BCUT2D eigenvalue weighted by Gasteiger charge is 2.64. The highest BCUT2D eigenvalue weighted by atomic mass is 16.3. The summed E-state index contributed by atoms with van der Waals surface area (Å²) in [5, 5.41) is 49.2. The molecular formula is C35H43N5O8. The Hall–Kier alpha value is -4.72. The van der Waals surface area contributed by atoms with Crippen LogP contribution < -0.4 is 16.0 Å². The van der Waals surface area contributed by atoms with Crippen molar-refractivity contribution in [2.45, 2.75) is 43.5 Å². The Kier molecular flexibility index (Phi) is 9.17. The van der Waals surface area contributed by atoms with Gasteiger partial charge >= 0.3 is 0 Å². The normalized spacial score (nSPS) is 24.3. The first-order chi connectivity index (χ1) is 22.5. The van der Waals surface area contributed by atoms with Gasteiger partial charge in [0.2, 0.25) is 11.7 Å². The number of benzene rings is 2. The Morgan fingerprint density at radius 1 is 1.04 bits per heavy atom. The van der Waals surface area contributed by atoms with Crippen LogP contribution in [-0.4, -0.2) is 114 Å². The number of aromatic hydroxyl groups is 1. The van der Waals surface area contributed by atoms with Crippen LogP contribution in [0.15, 0.2) is 53.3 Å². The summed E-state index contributed by atoms with van der Waals surface area (Å²) >= 11 is 0. The maximum absolute atomic E-state index is 14.2. The van der Waals surface area contributed by atoms with E-state index in [0.717, 1.165) is 5.56 Å². The fourth-order valence-corrected chi connectivity index (χ4v) is 7.53. The van der Waals surface area contributed by atoms with E-state index in [0.29, 0.717) is 17.7 Å². The van der Waals surface area contributed by atoms with Crippen molar-refractivity contribution >= 4 is 34.8 Å². The fraction of sp³-hybridized carbons (Fsp3) is 0.429. The second-order valence-corrected chi connectivity index (χ2v) is 13.5. The van der Waals surface area contributed by atoms with Crippen molar-refractivity contribution in [3.05, 3.63) is 75.6 Å². The molecule has 1 saturated carbocycles. The molecule has 0 radical (unpaired) electrons. The molecule has 2 amide bonds. The topological polar surface area (TPSA) is 197 Å². The maximum atomic E-state index is 14.2. The number of aliphatic hydroxyl groups excluding tert-OH is 2. The Morgan fingerprint density at radius 3 is 2.25 bits per heavy atom. The standard InChI is InChI=1S/C35H43N5O8/c1-38(2)22-15-19(16-37-34(47)23(39(3)4)12-17-10-8-7-9-11-17)28(41)25-20(22)13-18-14-21-27(40(5)6)30(43)26(33(36)46)32(45)35(21,48)31(44)24(18)29(25)42/h7-11,15,18,21,23,27,41-42,45,48H,12-14,16H2,1-6H3,(H2,36,46)(H,37,47). The predicted molar refractivity (Wildman–Crippen MR) is 178 cm³/mol. The molecule has 256 valence electrons. The van der Waals surface area contributed by atoms with E-state index in [1.165, 1.54) is 4.90 Å². The SMILES string of the molecule is CN(C)c1cc(CNC(=O)C(Cc2ccccc2)N(C)C)c(O)c2c1CC1CC3C(N(C)C)C(=O)C(C(N)=O)=C(O)C3(O)C(=O)C1=C2O. The van der Waals surface area contributed by atoms with Gasteiger partial charge in [0, 0.05) is 43.4 Å². The lowest BCUT2D eigenvalue weighted by Gasteiger charge is -2.50. The minimum absolute atomic E-state index is 0.00939. The largest absolute Gasteiger partial charge is 0.508 e. The number of carbonyl (C=O) groups excluding carboxylic acids is 4. The number of ketones is 2. The van der Waals surface area contributed by atoms with E-state index in [1.54, 1.807) is 58.2 Å². The first-order valence-electron chi connectivity index (χ1n) is 15.7. The number of Topliss-reactive ketones (excluding diaryl/α,β-unsaturated/α-hetero) is 2. The van der Waals surface area contributed by atoms with Crippen molar-refractivity contribution < 1.29 is 39.6 Å². The zero-order valence-corrected chi connectivity index (χ0v) is 27.9. The van der Waals surface area contributed by atoms with Crippen LogP contribution in [0.1, 0.15) is 28.7 Å². The molecule has 1 fully saturated rings. The molecule has 5 rings (SSSR count). The number of nitrogens with zero attached hydrogens (tertiary/aromatic N) is 3. The minimum atomic E-state index is -2.73. The van der Waals surface area contributed by atoms with Gasteiger partial charge < -0.3 is 36.4 Å². The number of hydrogen-bond acceptors (Lipinski definition) is 11. The first kappa shape index (κ1) is 34.6. The van der Waals surface area contributed by atoms with Gasteiger partial charge in [-0.3, -0.25) is 29.0 Å². The van der Waals surface area contributed by atoms with Crippen LogP contribution in [0.25, 0.3) is 5.76 Å². The smallest absolute Gasteiger partial charge is 0.255 e. The van der Waals surface area contributed by atoms with Crippen molar-refractivity contribution in [3.63, 3.8) is 0 Å². The van der Waals surface area contributed by atoms with E-state index >= 15 is 0 Å².